The Morgan fingerprint density at radius 3 is 2.34 bits per heavy atom. The van der Waals surface area contributed by atoms with Gasteiger partial charge in [-0.1, -0.05) is 0 Å². The third kappa shape index (κ3) is 6.43. The molecule has 0 radical (unpaired) electrons. The second-order valence-electron chi connectivity index (χ2n) is 6.07. The third-order valence-corrected chi connectivity index (χ3v) is 4.10. The highest BCUT2D eigenvalue weighted by atomic mass is 19.4. The molecule has 0 bridgehead atoms. The normalized spacial score (nSPS) is 11.9. The quantitative estimate of drug-likeness (QED) is 0.240. The van der Waals surface area contributed by atoms with E-state index in [1.165, 1.54) is 26.2 Å². The van der Waals surface area contributed by atoms with Gasteiger partial charge in [-0.25, -0.2) is 0 Å². The number of anilines is 1. The van der Waals surface area contributed by atoms with Gasteiger partial charge >= 0.3 is 18.1 Å². The summed E-state index contributed by atoms with van der Waals surface area (Å²) in [5.41, 5.74) is 0.715. The van der Waals surface area contributed by atoms with E-state index in [0.29, 0.717) is 17.8 Å². The number of aryl methyl sites for hydroxylation is 1. The standard InChI is InChI=1S/C17H21F5N2O5/c1-4-23(13-9-11(2)12(24(26)27)10-14(13)28-3)7-8-29-15(25)5-6-16(18,19)17(20,21)22/h9-10H,4-8H2,1-3H3. The fourth-order valence-corrected chi connectivity index (χ4v) is 2.46. The van der Waals surface area contributed by atoms with E-state index < -0.39 is 35.8 Å². The van der Waals surface area contributed by atoms with Crippen molar-refractivity contribution in [3.05, 3.63) is 27.8 Å². The summed E-state index contributed by atoms with van der Waals surface area (Å²) >= 11 is 0. The van der Waals surface area contributed by atoms with Crippen LogP contribution in [0.25, 0.3) is 0 Å². The Hall–Kier alpha value is -2.66. The fraction of sp³-hybridized carbons (Fsp3) is 0.588. The van der Waals surface area contributed by atoms with Gasteiger partial charge in [-0.15, -0.1) is 0 Å². The number of hydrogen-bond acceptors (Lipinski definition) is 6. The molecule has 0 saturated carbocycles. The number of ether oxygens (including phenoxy) is 2. The first-order valence-corrected chi connectivity index (χ1v) is 8.52. The van der Waals surface area contributed by atoms with Crippen molar-refractivity contribution in [1.29, 1.82) is 0 Å². The van der Waals surface area contributed by atoms with Crippen molar-refractivity contribution >= 4 is 17.3 Å². The van der Waals surface area contributed by atoms with Gasteiger partial charge in [0.1, 0.15) is 12.4 Å². The molecule has 0 aromatic heterocycles. The average molecular weight is 428 g/mol. The number of nitrogens with zero attached hydrogens (tertiary/aromatic N) is 2. The fourth-order valence-electron chi connectivity index (χ4n) is 2.46. The van der Waals surface area contributed by atoms with Crippen molar-refractivity contribution in [2.24, 2.45) is 0 Å². The molecule has 0 aliphatic rings. The molecule has 29 heavy (non-hydrogen) atoms. The molecule has 1 aromatic carbocycles. The second kappa shape index (κ2) is 9.70. The van der Waals surface area contributed by atoms with Gasteiger partial charge in [0.2, 0.25) is 0 Å². The number of benzene rings is 1. The van der Waals surface area contributed by atoms with Crippen molar-refractivity contribution in [2.75, 3.05) is 31.7 Å². The number of likely N-dealkylation sites (N-methyl/N-ethyl adjacent to an activating group) is 1. The molecule has 1 aromatic rings. The number of alkyl halides is 5. The van der Waals surface area contributed by atoms with Crippen LogP contribution in [0.1, 0.15) is 25.3 Å². The monoisotopic (exact) mass is 428 g/mol. The van der Waals surface area contributed by atoms with Crippen LogP contribution in [-0.4, -0.2) is 49.8 Å². The van der Waals surface area contributed by atoms with E-state index in [4.69, 9.17) is 9.47 Å². The van der Waals surface area contributed by atoms with Crippen molar-refractivity contribution in [2.45, 2.75) is 38.8 Å². The maximum atomic E-state index is 12.8. The predicted molar refractivity (Wildman–Crippen MR) is 93.5 cm³/mol. The molecule has 0 aliphatic heterocycles. The highest BCUT2D eigenvalue weighted by Gasteiger charge is 2.56. The van der Waals surface area contributed by atoms with Crippen LogP contribution < -0.4 is 9.64 Å². The van der Waals surface area contributed by atoms with Crippen molar-refractivity contribution in [3.8, 4) is 5.75 Å². The molecule has 0 unspecified atom stereocenters. The lowest BCUT2D eigenvalue weighted by Gasteiger charge is -2.25. The number of methoxy groups -OCH3 is 1. The number of esters is 1. The van der Waals surface area contributed by atoms with E-state index in [1.807, 2.05) is 0 Å². The van der Waals surface area contributed by atoms with Crippen molar-refractivity contribution < 1.29 is 41.1 Å². The van der Waals surface area contributed by atoms with Crippen LogP contribution in [0, 0.1) is 17.0 Å². The molecular formula is C17H21F5N2O5. The number of nitro benzene ring substituents is 1. The lowest BCUT2D eigenvalue weighted by molar-refractivity contribution is -0.385. The summed E-state index contributed by atoms with van der Waals surface area (Å²) < 4.78 is 71.8. The summed E-state index contributed by atoms with van der Waals surface area (Å²) in [5.74, 6) is -5.94. The van der Waals surface area contributed by atoms with Crippen LogP contribution in [-0.2, 0) is 9.53 Å². The molecule has 0 N–H and O–H groups in total. The minimum absolute atomic E-state index is 0.0749. The Morgan fingerprint density at radius 1 is 1.24 bits per heavy atom. The van der Waals surface area contributed by atoms with E-state index >= 15 is 0 Å². The molecule has 7 nitrogen and oxygen atoms in total. The van der Waals surface area contributed by atoms with Gasteiger partial charge in [0.25, 0.3) is 5.69 Å². The molecule has 12 heteroatoms. The summed E-state index contributed by atoms with van der Waals surface area (Å²) in [4.78, 5) is 23.6. The SMILES string of the molecule is CCN(CCOC(=O)CCC(F)(F)C(F)(F)F)c1cc(C)c([N+](=O)[O-])cc1OC. The lowest BCUT2D eigenvalue weighted by Crippen LogP contribution is -2.37. The Kier molecular flexibility index (Phi) is 8.15. The Morgan fingerprint density at radius 2 is 1.86 bits per heavy atom. The molecule has 0 heterocycles. The maximum Gasteiger partial charge on any atom is 0.453 e. The van der Waals surface area contributed by atoms with Crippen molar-refractivity contribution in [1.82, 2.24) is 0 Å². The van der Waals surface area contributed by atoms with Crippen LogP contribution in [0.4, 0.5) is 33.3 Å². The van der Waals surface area contributed by atoms with Gasteiger partial charge in [-0.2, -0.15) is 22.0 Å². The number of halogens is 5. The predicted octanol–water partition coefficient (Wildman–Crippen LogP) is 4.26. The Labute approximate surface area is 163 Å². The van der Waals surface area contributed by atoms with Gasteiger partial charge in [-0.05, 0) is 19.9 Å². The molecule has 1 rings (SSSR count). The van der Waals surface area contributed by atoms with Crippen LogP contribution in [0.3, 0.4) is 0 Å². The second-order valence-corrected chi connectivity index (χ2v) is 6.07. The summed E-state index contributed by atoms with van der Waals surface area (Å²) in [6.07, 6.45) is -8.50. The molecule has 164 valence electrons. The average Bonchev–Trinajstić information content (AvgIpc) is 2.62. The third-order valence-electron chi connectivity index (χ3n) is 4.10. The smallest absolute Gasteiger partial charge is 0.453 e. The molecule has 0 saturated heterocycles. The molecule has 0 aliphatic carbocycles. The van der Waals surface area contributed by atoms with Crippen LogP contribution >= 0.6 is 0 Å². The summed E-state index contributed by atoms with van der Waals surface area (Å²) in [6.45, 7) is 3.48. The van der Waals surface area contributed by atoms with Crippen LogP contribution in [0.15, 0.2) is 12.1 Å². The zero-order valence-electron chi connectivity index (χ0n) is 16.0. The van der Waals surface area contributed by atoms with Gasteiger partial charge in [0.05, 0.1) is 36.8 Å². The van der Waals surface area contributed by atoms with E-state index in [0.717, 1.165) is 0 Å². The van der Waals surface area contributed by atoms with Crippen LogP contribution in [0.2, 0.25) is 0 Å². The van der Waals surface area contributed by atoms with Gasteiger partial charge in [-0.3, -0.25) is 14.9 Å². The molecular weight excluding hydrogens is 407 g/mol. The number of nitro groups is 1. The Bertz CT molecular complexity index is 740. The highest BCUT2D eigenvalue weighted by molar-refractivity contribution is 5.69. The Balaban J connectivity index is 2.72. The minimum Gasteiger partial charge on any atom is -0.494 e. The van der Waals surface area contributed by atoms with E-state index in [-0.39, 0.29) is 24.6 Å². The zero-order valence-corrected chi connectivity index (χ0v) is 16.0. The maximum absolute atomic E-state index is 12.8. The number of carbonyl (C=O) groups is 1. The highest BCUT2D eigenvalue weighted by Crippen LogP contribution is 2.39. The van der Waals surface area contributed by atoms with E-state index in [2.05, 4.69) is 0 Å². The number of carbonyl (C=O) groups excluding carboxylic acids is 1. The van der Waals surface area contributed by atoms with Gasteiger partial charge < -0.3 is 14.4 Å². The summed E-state index contributed by atoms with van der Waals surface area (Å²) in [6, 6.07) is 2.77. The van der Waals surface area contributed by atoms with Gasteiger partial charge in [0.15, 0.2) is 0 Å². The number of hydrogen-bond donors (Lipinski definition) is 0. The number of rotatable bonds is 10. The van der Waals surface area contributed by atoms with Crippen molar-refractivity contribution in [3.63, 3.8) is 0 Å². The minimum atomic E-state index is -5.73. The van der Waals surface area contributed by atoms with E-state index in [1.54, 1.807) is 11.8 Å². The topological polar surface area (TPSA) is 81.9 Å². The molecule has 0 fully saturated rings. The summed E-state index contributed by atoms with van der Waals surface area (Å²) in [5, 5.41) is 11.0. The van der Waals surface area contributed by atoms with E-state index in [9.17, 15) is 36.9 Å². The molecule has 0 atom stereocenters. The molecule has 0 amide bonds. The molecule has 0 spiro atoms. The largest absolute Gasteiger partial charge is 0.494 e. The first-order chi connectivity index (χ1) is 13.3. The lowest BCUT2D eigenvalue weighted by atomic mass is 10.1. The zero-order chi connectivity index (χ0) is 22.4. The summed E-state index contributed by atoms with van der Waals surface area (Å²) in [7, 11) is 1.33. The first kappa shape index (κ1) is 24.4. The first-order valence-electron chi connectivity index (χ1n) is 8.52. The van der Waals surface area contributed by atoms with Crippen LogP contribution in [0.5, 0.6) is 5.75 Å². The van der Waals surface area contributed by atoms with Gasteiger partial charge in [0, 0.05) is 18.5 Å².